The summed E-state index contributed by atoms with van der Waals surface area (Å²) in [6.45, 7) is 9.51. The molecule has 3 aliphatic rings. The highest BCUT2D eigenvalue weighted by atomic mass is 19.3. The van der Waals surface area contributed by atoms with Gasteiger partial charge in [-0.1, -0.05) is 33.1 Å². The van der Waals surface area contributed by atoms with Gasteiger partial charge in [0.25, 0.3) is 5.91 Å². The summed E-state index contributed by atoms with van der Waals surface area (Å²) in [5, 5.41) is 19.4. The van der Waals surface area contributed by atoms with Crippen molar-refractivity contribution in [2.75, 3.05) is 6.54 Å². The second-order valence-corrected chi connectivity index (χ2v) is 13.6. The fourth-order valence-electron chi connectivity index (χ4n) is 5.66. The standard InChI is InChI=1S/C30H50F2N4O6/c1-18(2)19-16-23-25(38)34-21(24(37)26(39)33-20-11-12-20)13-15-30(31,32)14-9-7-6-8-10-22(27(40)36(23)17-19)35-28(41)42-29(3,4)5/h18-23,25,34,38H,6-17H2,1-5H3,(H,33,39)(H,35,41)/t19-,21+,22+,23+,25?/m1/s1. The van der Waals surface area contributed by atoms with Crippen LogP contribution in [0.5, 0.6) is 0 Å². The smallest absolute Gasteiger partial charge is 0.408 e. The van der Waals surface area contributed by atoms with Crippen molar-refractivity contribution in [3.63, 3.8) is 0 Å². The van der Waals surface area contributed by atoms with Gasteiger partial charge in [-0.25, -0.2) is 13.6 Å². The molecule has 1 aliphatic carbocycles. The highest BCUT2D eigenvalue weighted by Crippen LogP contribution is 2.33. The molecule has 3 fully saturated rings. The summed E-state index contributed by atoms with van der Waals surface area (Å²) in [5.41, 5.74) is -0.775. The van der Waals surface area contributed by atoms with Crippen molar-refractivity contribution in [1.29, 1.82) is 0 Å². The van der Waals surface area contributed by atoms with Gasteiger partial charge in [0, 0.05) is 25.4 Å². The molecule has 10 nitrogen and oxygen atoms in total. The molecular weight excluding hydrogens is 550 g/mol. The van der Waals surface area contributed by atoms with Crippen LogP contribution in [0.4, 0.5) is 13.6 Å². The van der Waals surface area contributed by atoms with Crippen molar-refractivity contribution in [1.82, 2.24) is 20.9 Å². The Morgan fingerprint density at radius 3 is 2.31 bits per heavy atom. The lowest BCUT2D eigenvalue weighted by Gasteiger charge is -2.34. The number of fused-ring (bicyclic) bond motifs is 1. The average molecular weight is 601 g/mol. The SMILES string of the molecule is CC(C)[C@@H]1C[C@H]2C(O)N[C@H](C(=O)C(=O)NC3CC3)CCC(F)(F)CCCCCC[C@H](NC(=O)OC(C)(C)C)C(=O)N2C1. The van der Waals surface area contributed by atoms with Gasteiger partial charge in [0.1, 0.15) is 17.9 Å². The van der Waals surface area contributed by atoms with Gasteiger partial charge in [-0.3, -0.25) is 19.7 Å². The van der Waals surface area contributed by atoms with Gasteiger partial charge in [0.15, 0.2) is 0 Å². The van der Waals surface area contributed by atoms with E-state index in [2.05, 4.69) is 16.0 Å². The molecular formula is C30H50F2N4O6. The van der Waals surface area contributed by atoms with Crippen molar-refractivity contribution >= 4 is 23.7 Å². The molecule has 4 N–H and O–H groups in total. The van der Waals surface area contributed by atoms with Gasteiger partial charge in [0.2, 0.25) is 17.6 Å². The predicted molar refractivity (Wildman–Crippen MR) is 153 cm³/mol. The van der Waals surface area contributed by atoms with Crippen LogP contribution < -0.4 is 16.0 Å². The van der Waals surface area contributed by atoms with Crippen LogP contribution in [0.25, 0.3) is 0 Å². The molecule has 0 aromatic carbocycles. The molecule has 0 aromatic heterocycles. The van der Waals surface area contributed by atoms with Gasteiger partial charge < -0.3 is 25.4 Å². The first-order valence-corrected chi connectivity index (χ1v) is 15.5. The first-order chi connectivity index (χ1) is 19.6. The normalized spacial score (nSPS) is 30.0. The minimum absolute atomic E-state index is 0.0244. The number of Topliss-reactive ketones (excluding diaryl/α,β-unsaturated/α-hetero) is 1. The third-order valence-corrected chi connectivity index (χ3v) is 8.36. The number of amides is 3. The van der Waals surface area contributed by atoms with Crippen LogP contribution in [-0.2, 0) is 19.1 Å². The Kier molecular flexibility index (Phi) is 11.7. The van der Waals surface area contributed by atoms with E-state index in [1.54, 1.807) is 20.8 Å². The van der Waals surface area contributed by atoms with Crippen molar-refractivity contribution in [2.45, 2.75) is 147 Å². The summed E-state index contributed by atoms with van der Waals surface area (Å²) >= 11 is 0. The van der Waals surface area contributed by atoms with Crippen LogP contribution in [0.1, 0.15) is 105 Å². The number of carbonyl (C=O) groups excluding carboxylic acids is 4. The summed E-state index contributed by atoms with van der Waals surface area (Å²) < 4.78 is 35.0. The molecule has 5 atom stereocenters. The molecule has 0 spiro atoms. The fourth-order valence-corrected chi connectivity index (χ4v) is 5.66. The maximum atomic E-state index is 14.8. The van der Waals surface area contributed by atoms with Gasteiger partial charge >= 0.3 is 6.09 Å². The maximum Gasteiger partial charge on any atom is 0.408 e. The maximum absolute atomic E-state index is 14.8. The Labute approximate surface area is 248 Å². The van der Waals surface area contributed by atoms with Gasteiger partial charge in [-0.2, -0.15) is 0 Å². The lowest BCUT2D eigenvalue weighted by Crippen LogP contribution is -2.58. The molecule has 2 heterocycles. The van der Waals surface area contributed by atoms with Crippen LogP contribution in [-0.4, -0.2) is 82.2 Å². The summed E-state index contributed by atoms with van der Waals surface area (Å²) in [7, 11) is 0. The number of ketones is 1. The quantitative estimate of drug-likeness (QED) is 0.354. The van der Waals surface area contributed by atoms with Crippen molar-refractivity contribution in [3.8, 4) is 0 Å². The number of hydrogen-bond acceptors (Lipinski definition) is 7. The third kappa shape index (κ3) is 10.4. The first kappa shape index (κ1) is 34.2. The van der Waals surface area contributed by atoms with Crippen LogP contribution in [0.3, 0.4) is 0 Å². The monoisotopic (exact) mass is 600 g/mol. The summed E-state index contributed by atoms with van der Waals surface area (Å²) in [6, 6.07) is -3.16. The minimum Gasteiger partial charge on any atom is -0.444 e. The van der Waals surface area contributed by atoms with Crippen LogP contribution >= 0.6 is 0 Å². The zero-order valence-corrected chi connectivity index (χ0v) is 25.7. The van der Waals surface area contributed by atoms with Gasteiger partial charge in [-0.15, -0.1) is 0 Å². The molecule has 1 saturated carbocycles. The van der Waals surface area contributed by atoms with Crippen LogP contribution in [0, 0.1) is 11.8 Å². The van der Waals surface area contributed by atoms with Crippen molar-refractivity contribution in [3.05, 3.63) is 0 Å². The van der Waals surface area contributed by atoms with Crippen molar-refractivity contribution < 1.29 is 37.8 Å². The zero-order chi connectivity index (χ0) is 31.2. The molecule has 12 heteroatoms. The van der Waals surface area contributed by atoms with Crippen LogP contribution in [0.15, 0.2) is 0 Å². The Hall–Kier alpha value is -2.34. The molecule has 3 rings (SSSR count). The number of carbonyl (C=O) groups is 4. The topological polar surface area (TPSA) is 137 Å². The first-order valence-electron chi connectivity index (χ1n) is 15.5. The van der Waals surface area contributed by atoms with E-state index in [0.29, 0.717) is 32.2 Å². The summed E-state index contributed by atoms with van der Waals surface area (Å²) in [4.78, 5) is 53.9. The number of alkyl carbamates (subject to hydrolysis) is 1. The minimum atomic E-state index is -3.03. The number of aliphatic hydroxyl groups excluding tert-OH is 1. The molecule has 0 aromatic rings. The zero-order valence-electron chi connectivity index (χ0n) is 25.7. The second kappa shape index (κ2) is 14.4. The Morgan fingerprint density at radius 1 is 1.02 bits per heavy atom. The largest absolute Gasteiger partial charge is 0.444 e. The molecule has 1 unspecified atom stereocenters. The molecule has 240 valence electrons. The lowest BCUT2D eigenvalue weighted by molar-refractivity contribution is -0.141. The number of nitrogens with zero attached hydrogens (tertiary/aromatic N) is 1. The fraction of sp³-hybridized carbons (Fsp3) is 0.867. The Balaban J connectivity index is 1.88. The van der Waals surface area contributed by atoms with Crippen LogP contribution in [0.2, 0.25) is 0 Å². The molecule has 2 aliphatic heterocycles. The molecule has 3 amide bonds. The van der Waals surface area contributed by atoms with E-state index in [1.165, 1.54) is 4.90 Å². The highest BCUT2D eigenvalue weighted by molar-refractivity contribution is 6.38. The van der Waals surface area contributed by atoms with E-state index < -0.39 is 60.1 Å². The van der Waals surface area contributed by atoms with E-state index in [4.69, 9.17) is 4.74 Å². The average Bonchev–Trinajstić information content (AvgIpc) is 3.57. The predicted octanol–water partition coefficient (Wildman–Crippen LogP) is 3.65. The number of aliphatic hydroxyl groups is 1. The number of ether oxygens (including phenoxy) is 1. The molecule has 42 heavy (non-hydrogen) atoms. The summed E-state index contributed by atoms with van der Waals surface area (Å²) in [6.07, 6.45) is 0.618. The summed E-state index contributed by atoms with van der Waals surface area (Å²) in [5.74, 6) is -4.98. The number of hydrogen-bond donors (Lipinski definition) is 4. The van der Waals surface area contributed by atoms with E-state index in [-0.39, 0.29) is 49.5 Å². The van der Waals surface area contributed by atoms with Gasteiger partial charge in [0.05, 0.1) is 12.1 Å². The number of halogens is 2. The van der Waals surface area contributed by atoms with E-state index >= 15 is 0 Å². The number of alkyl halides is 2. The van der Waals surface area contributed by atoms with E-state index in [1.807, 2.05) is 13.8 Å². The van der Waals surface area contributed by atoms with Gasteiger partial charge in [-0.05, 0) is 71.1 Å². The van der Waals surface area contributed by atoms with Crippen molar-refractivity contribution in [2.24, 2.45) is 11.8 Å². The molecule has 2 saturated heterocycles. The number of rotatable bonds is 5. The Morgan fingerprint density at radius 2 is 1.69 bits per heavy atom. The Bertz CT molecular complexity index is 968. The number of nitrogens with one attached hydrogen (secondary N) is 3. The highest BCUT2D eigenvalue weighted by Gasteiger charge is 2.44. The molecule has 0 radical (unpaired) electrons. The lowest BCUT2D eigenvalue weighted by atomic mass is 9.92. The third-order valence-electron chi connectivity index (χ3n) is 8.36. The van der Waals surface area contributed by atoms with E-state index in [0.717, 1.165) is 12.8 Å². The molecule has 0 bridgehead atoms. The van der Waals surface area contributed by atoms with E-state index in [9.17, 15) is 33.1 Å². The second-order valence-electron chi connectivity index (χ2n) is 13.6.